The first-order valence-corrected chi connectivity index (χ1v) is 6.53. The van der Waals surface area contributed by atoms with E-state index in [0.29, 0.717) is 11.8 Å². The molecule has 96 valence electrons. The molecule has 0 spiro atoms. The predicted molar refractivity (Wildman–Crippen MR) is 69.2 cm³/mol. The Kier molecular flexibility index (Phi) is 2.63. The minimum atomic E-state index is -0.0610. The fraction of sp³-hybridized carbons (Fsp3) is 0.571. The molecule has 2 atom stereocenters. The van der Waals surface area contributed by atoms with Gasteiger partial charge >= 0.3 is 0 Å². The molecule has 2 fully saturated rings. The average Bonchev–Trinajstić information content (AvgIpc) is 2.92. The fourth-order valence-electron chi connectivity index (χ4n) is 3.42. The quantitative estimate of drug-likeness (QED) is 0.807. The van der Waals surface area contributed by atoms with Crippen LogP contribution in [0.25, 0.3) is 0 Å². The number of pyridine rings is 1. The highest BCUT2D eigenvalue weighted by atomic mass is 16.2. The van der Waals surface area contributed by atoms with Gasteiger partial charge in [-0.05, 0) is 37.8 Å². The summed E-state index contributed by atoms with van der Waals surface area (Å²) in [6.45, 7) is 7.30. The summed E-state index contributed by atoms with van der Waals surface area (Å²) in [5.41, 5.74) is 0.681. The highest BCUT2D eigenvalue weighted by Gasteiger charge is 2.51. The summed E-state index contributed by atoms with van der Waals surface area (Å²) in [4.78, 5) is 18.6. The monoisotopic (exact) mass is 245 g/mol. The summed E-state index contributed by atoms with van der Waals surface area (Å²) in [6, 6.07) is 3.59. The van der Waals surface area contributed by atoms with Crippen LogP contribution in [0.3, 0.4) is 0 Å². The lowest BCUT2D eigenvalue weighted by molar-refractivity contribution is 0.0603. The molecule has 0 saturated carbocycles. The Bertz CT molecular complexity index is 457. The number of nitrogens with zero attached hydrogens (tertiary/aromatic N) is 2. The van der Waals surface area contributed by atoms with Gasteiger partial charge in [-0.15, -0.1) is 0 Å². The summed E-state index contributed by atoms with van der Waals surface area (Å²) in [5.74, 6) is 1.31. The molecule has 0 aromatic carbocycles. The normalized spacial score (nSPS) is 29.3. The Morgan fingerprint density at radius 2 is 2.11 bits per heavy atom. The zero-order valence-electron chi connectivity index (χ0n) is 10.9. The number of hydrogen-bond donors (Lipinski definition) is 1. The van der Waals surface area contributed by atoms with Crippen molar-refractivity contribution >= 4 is 5.91 Å². The van der Waals surface area contributed by atoms with Crippen LogP contribution in [0.1, 0.15) is 24.2 Å². The van der Waals surface area contributed by atoms with Gasteiger partial charge in [0, 0.05) is 43.1 Å². The Labute approximate surface area is 107 Å². The number of rotatable bonds is 1. The Hall–Kier alpha value is -1.42. The molecular weight excluding hydrogens is 226 g/mol. The lowest BCUT2D eigenvalue weighted by Gasteiger charge is -2.35. The van der Waals surface area contributed by atoms with Crippen molar-refractivity contribution in [1.82, 2.24) is 15.2 Å². The topological polar surface area (TPSA) is 45.2 Å². The molecule has 2 aliphatic heterocycles. The molecule has 1 aromatic heterocycles. The molecule has 3 rings (SSSR count). The van der Waals surface area contributed by atoms with E-state index >= 15 is 0 Å². The third-order valence-electron chi connectivity index (χ3n) is 4.53. The van der Waals surface area contributed by atoms with Crippen molar-refractivity contribution in [1.29, 1.82) is 0 Å². The second-order valence-electron chi connectivity index (χ2n) is 5.83. The van der Waals surface area contributed by atoms with E-state index in [2.05, 4.69) is 24.1 Å². The summed E-state index contributed by atoms with van der Waals surface area (Å²) in [7, 11) is 0. The zero-order chi connectivity index (χ0) is 12.8. The maximum absolute atomic E-state index is 12.6. The second-order valence-corrected chi connectivity index (χ2v) is 5.83. The maximum Gasteiger partial charge on any atom is 0.254 e. The van der Waals surface area contributed by atoms with Crippen LogP contribution in [0.15, 0.2) is 24.5 Å². The molecule has 4 nitrogen and oxygen atoms in total. The average molecular weight is 245 g/mol. The Morgan fingerprint density at radius 3 is 2.78 bits per heavy atom. The van der Waals surface area contributed by atoms with Gasteiger partial charge in [0.25, 0.3) is 5.91 Å². The second kappa shape index (κ2) is 4.05. The van der Waals surface area contributed by atoms with Gasteiger partial charge in [-0.1, -0.05) is 0 Å². The van der Waals surface area contributed by atoms with E-state index < -0.39 is 0 Å². The van der Waals surface area contributed by atoms with Crippen LogP contribution in [-0.2, 0) is 0 Å². The molecule has 1 N–H and O–H groups in total. The third-order valence-corrected chi connectivity index (χ3v) is 4.53. The minimum Gasteiger partial charge on any atom is -0.333 e. The van der Waals surface area contributed by atoms with Crippen molar-refractivity contribution < 1.29 is 4.79 Å². The molecule has 1 aromatic rings. The van der Waals surface area contributed by atoms with Crippen LogP contribution in [0, 0.1) is 11.8 Å². The molecule has 0 aliphatic carbocycles. The van der Waals surface area contributed by atoms with E-state index in [1.54, 1.807) is 24.5 Å². The van der Waals surface area contributed by atoms with Gasteiger partial charge in [-0.25, -0.2) is 0 Å². The van der Waals surface area contributed by atoms with Gasteiger partial charge in [-0.2, -0.15) is 0 Å². The number of carbonyl (C=O) groups excluding carboxylic acids is 1. The molecular formula is C14H19N3O. The van der Waals surface area contributed by atoms with Crippen molar-refractivity contribution in [2.45, 2.75) is 19.4 Å². The zero-order valence-corrected chi connectivity index (χ0v) is 10.9. The van der Waals surface area contributed by atoms with Gasteiger partial charge in [0.1, 0.15) is 0 Å². The van der Waals surface area contributed by atoms with E-state index in [4.69, 9.17) is 0 Å². The lowest BCUT2D eigenvalue weighted by Crippen LogP contribution is -2.47. The molecule has 2 unspecified atom stereocenters. The van der Waals surface area contributed by atoms with E-state index in [1.165, 1.54) is 0 Å². The van der Waals surface area contributed by atoms with E-state index in [-0.39, 0.29) is 11.4 Å². The molecule has 2 saturated heterocycles. The molecule has 0 radical (unpaired) electrons. The first-order chi connectivity index (χ1) is 8.60. The lowest BCUT2D eigenvalue weighted by atomic mass is 9.84. The fourth-order valence-corrected chi connectivity index (χ4v) is 3.42. The molecule has 0 bridgehead atoms. The standard InChI is InChI=1S/C14H19N3O/c1-14(2)12-8-16-7-11(12)9-17(14)13(18)10-3-5-15-6-4-10/h3-6,11-12,16H,7-9H2,1-2H3. The summed E-state index contributed by atoms with van der Waals surface area (Å²) in [5, 5.41) is 3.43. The summed E-state index contributed by atoms with van der Waals surface area (Å²) < 4.78 is 0. The van der Waals surface area contributed by atoms with Crippen LogP contribution in [0.4, 0.5) is 0 Å². The highest BCUT2D eigenvalue weighted by molar-refractivity contribution is 5.94. The Morgan fingerprint density at radius 1 is 1.39 bits per heavy atom. The van der Waals surface area contributed by atoms with Crippen LogP contribution in [0.5, 0.6) is 0 Å². The minimum absolute atomic E-state index is 0.0610. The largest absolute Gasteiger partial charge is 0.333 e. The van der Waals surface area contributed by atoms with Gasteiger partial charge in [0.2, 0.25) is 0 Å². The summed E-state index contributed by atoms with van der Waals surface area (Å²) >= 11 is 0. The van der Waals surface area contributed by atoms with E-state index in [0.717, 1.165) is 25.2 Å². The molecule has 1 amide bonds. The van der Waals surface area contributed by atoms with Crippen molar-refractivity contribution in [3.8, 4) is 0 Å². The van der Waals surface area contributed by atoms with Gasteiger partial charge in [0.15, 0.2) is 0 Å². The molecule has 18 heavy (non-hydrogen) atoms. The third kappa shape index (κ3) is 1.63. The van der Waals surface area contributed by atoms with Crippen LogP contribution >= 0.6 is 0 Å². The van der Waals surface area contributed by atoms with E-state index in [9.17, 15) is 4.79 Å². The summed E-state index contributed by atoms with van der Waals surface area (Å²) in [6.07, 6.45) is 3.36. The van der Waals surface area contributed by atoms with Crippen molar-refractivity contribution in [3.05, 3.63) is 30.1 Å². The SMILES string of the molecule is CC1(C)C2CNCC2CN1C(=O)c1ccncc1. The van der Waals surface area contributed by atoms with Crippen LogP contribution in [0.2, 0.25) is 0 Å². The number of carbonyl (C=O) groups is 1. The van der Waals surface area contributed by atoms with Gasteiger partial charge < -0.3 is 10.2 Å². The van der Waals surface area contributed by atoms with Gasteiger partial charge in [-0.3, -0.25) is 9.78 Å². The van der Waals surface area contributed by atoms with Crippen molar-refractivity contribution in [3.63, 3.8) is 0 Å². The molecule has 3 heterocycles. The van der Waals surface area contributed by atoms with Crippen molar-refractivity contribution in [2.24, 2.45) is 11.8 Å². The molecule has 2 aliphatic rings. The number of fused-ring (bicyclic) bond motifs is 1. The maximum atomic E-state index is 12.6. The Balaban J connectivity index is 1.87. The number of aromatic nitrogens is 1. The highest BCUT2D eigenvalue weighted by Crippen LogP contribution is 2.41. The van der Waals surface area contributed by atoms with Crippen LogP contribution < -0.4 is 5.32 Å². The number of nitrogens with one attached hydrogen (secondary N) is 1. The molecule has 4 heteroatoms. The number of likely N-dealkylation sites (tertiary alicyclic amines) is 1. The number of amides is 1. The predicted octanol–water partition coefficient (Wildman–Crippen LogP) is 1.15. The smallest absolute Gasteiger partial charge is 0.254 e. The van der Waals surface area contributed by atoms with Gasteiger partial charge in [0.05, 0.1) is 0 Å². The number of hydrogen-bond acceptors (Lipinski definition) is 3. The first-order valence-electron chi connectivity index (χ1n) is 6.53. The van der Waals surface area contributed by atoms with E-state index in [1.807, 2.05) is 4.90 Å². The van der Waals surface area contributed by atoms with Crippen molar-refractivity contribution in [2.75, 3.05) is 19.6 Å². The first kappa shape index (κ1) is 11.7. The van der Waals surface area contributed by atoms with Crippen LogP contribution in [-0.4, -0.2) is 41.0 Å².